The van der Waals surface area contributed by atoms with E-state index in [2.05, 4.69) is 52.3 Å². The molecule has 354 valence electrons. The third kappa shape index (κ3) is 8.10. The quantitative estimate of drug-likeness (QED) is 0.124. The van der Waals surface area contributed by atoms with Gasteiger partial charge in [-0.15, -0.1) is 0 Å². The predicted molar refractivity (Wildman–Crippen MR) is 251 cm³/mol. The number of hydrogen-bond donors (Lipinski definition) is 1. The topological polar surface area (TPSA) is 152 Å². The van der Waals surface area contributed by atoms with Crippen molar-refractivity contribution in [3.8, 4) is 23.1 Å². The summed E-state index contributed by atoms with van der Waals surface area (Å²) in [7, 11) is 0. The number of anilines is 1. The van der Waals surface area contributed by atoms with Crippen molar-refractivity contribution in [3.63, 3.8) is 0 Å². The summed E-state index contributed by atoms with van der Waals surface area (Å²) in [4.78, 5) is 49.7. The van der Waals surface area contributed by atoms with Crippen LogP contribution in [0.25, 0.3) is 32.9 Å². The molecule has 15 nitrogen and oxygen atoms in total. The molecule has 6 unspecified atom stereocenters. The number of halogens is 1. The zero-order valence-electron chi connectivity index (χ0n) is 39.1. The minimum atomic E-state index is -0.478. The van der Waals surface area contributed by atoms with Gasteiger partial charge in [0.1, 0.15) is 42.3 Å². The Bertz CT molecular complexity index is 2660. The number of hydrogen-bond acceptors (Lipinski definition) is 13. The predicted octanol–water partition coefficient (Wildman–Crippen LogP) is 7.50. The second kappa shape index (κ2) is 17.8. The molecule has 2 bridgehead atoms. The fourth-order valence-corrected chi connectivity index (χ4v) is 12.1. The molecular formula is C51H62FN9O6. The number of aromatic nitrogens is 4. The van der Waals surface area contributed by atoms with Gasteiger partial charge in [0.15, 0.2) is 11.6 Å². The first-order valence-electron chi connectivity index (χ1n) is 24.7. The number of aryl methyl sites for hydroxylation is 1. The lowest BCUT2D eigenvalue weighted by Crippen LogP contribution is -2.56. The van der Waals surface area contributed by atoms with Crippen LogP contribution in [-0.4, -0.2) is 135 Å². The van der Waals surface area contributed by atoms with Crippen LogP contribution in [0, 0.1) is 11.7 Å². The molecule has 6 fully saturated rings. The number of fused-ring (bicyclic) bond motifs is 5. The van der Waals surface area contributed by atoms with Crippen LogP contribution in [0.3, 0.4) is 0 Å². The molecule has 6 atom stereocenters. The highest BCUT2D eigenvalue weighted by molar-refractivity contribution is 6.00. The molecule has 0 aliphatic carbocycles. The number of carbonyl (C=O) groups excluding carboxylic acids is 2. The maximum absolute atomic E-state index is 17.2. The number of piperazine rings is 1. The number of amides is 2. The first kappa shape index (κ1) is 43.9. The Morgan fingerprint density at radius 2 is 1.79 bits per heavy atom. The molecule has 6 aliphatic heterocycles. The third-order valence-electron chi connectivity index (χ3n) is 15.7. The van der Waals surface area contributed by atoms with Gasteiger partial charge in [0.25, 0.3) is 5.88 Å². The van der Waals surface area contributed by atoms with E-state index in [0.717, 1.165) is 106 Å². The van der Waals surface area contributed by atoms with Gasteiger partial charge >= 0.3 is 12.1 Å². The Hall–Kier alpha value is -5.61. The number of carbonyl (C=O) groups is 2. The molecule has 0 spiro atoms. The summed E-state index contributed by atoms with van der Waals surface area (Å²) in [6.07, 6.45) is 9.80. The monoisotopic (exact) mass is 915 g/mol. The van der Waals surface area contributed by atoms with Crippen molar-refractivity contribution in [2.45, 2.75) is 127 Å². The SMILES string of the molecule is CCc1cccc2cccc(-c3ncc4c(N5CC6CCC(C5)N6)nc(OCC56CCCN5C(COC(=O)N5CC(Oc7cc(C(C(=O)N8CCCC8C)C(C)C)on7)C5)CC6)nc4c3F)c12. The van der Waals surface area contributed by atoms with Gasteiger partial charge < -0.3 is 38.8 Å². The van der Waals surface area contributed by atoms with E-state index in [4.69, 9.17) is 33.7 Å². The highest BCUT2D eigenvalue weighted by Gasteiger charge is 2.50. The maximum atomic E-state index is 17.2. The minimum Gasteiger partial charge on any atom is -0.468 e. The van der Waals surface area contributed by atoms with E-state index in [9.17, 15) is 9.59 Å². The molecular weight excluding hydrogens is 854 g/mol. The molecule has 1 N–H and O–H groups in total. The summed E-state index contributed by atoms with van der Waals surface area (Å²) < 4.78 is 41.5. The highest BCUT2D eigenvalue weighted by atomic mass is 19.1. The molecule has 2 aromatic carbocycles. The van der Waals surface area contributed by atoms with Crippen LogP contribution in [0.4, 0.5) is 15.0 Å². The lowest BCUT2D eigenvalue weighted by molar-refractivity contribution is -0.134. The average molecular weight is 916 g/mol. The number of pyridine rings is 1. The number of ether oxygens (including phenoxy) is 3. The van der Waals surface area contributed by atoms with Crippen LogP contribution in [0.2, 0.25) is 0 Å². The first-order valence-corrected chi connectivity index (χ1v) is 24.7. The fraction of sp³-hybridized carbons (Fsp3) is 0.569. The van der Waals surface area contributed by atoms with Gasteiger partial charge in [0.2, 0.25) is 5.91 Å². The molecule has 67 heavy (non-hydrogen) atoms. The molecule has 6 saturated heterocycles. The van der Waals surface area contributed by atoms with Gasteiger partial charge in [-0.2, -0.15) is 9.97 Å². The molecule has 6 aliphatic rings. The zero-order chi connectivity index (χ0) is 46.0. The van der Waals surface area contributed by atoms with Crippen molar-refractivity contribution in [2.24, 2.45) is 5.92 Å². The summed E-state index contributed by atoms with van der Waals surface area (Å²) in [6, 6.07) is 15.0. The molecule has 2 amide bonds. The second-order valence-corrected chi connectivity index (χ2v) is 20.3. The summed E-state index contributed by atoms with van der Waals surface area (Å²) in [5, 5.41) is 10.5. The van der Waals surface area contributed by atoms with Gasteiger partial charge in [-0.25, -0.2) is 9.18 Å². The highest BCUT2D eigenvalue weighted by Crippen LogP contribution is 2.44. The maximum Gasteiger partial charge on any atom is 0.410 e. The van der Waals surface area contributed by atoms with E-state index >= 15 is 4.39 Å². The Labute approximate surface area is 390 Å². The Kier molecular flexibility index (Phi) is 11.7. The van der Waals surface area contributed by atoms with Gasteiger partial charge in [-0.05, 0) is 98.7 Å². The van der Waals surface area contributed by atoms with E-state index in [1.165, 1.54) is 0 Å². The molecule has 3 aromatic heterocycles. The van der Waals surface area contributed by atoms with Crippen LogP contribution < -0.4 is 19.7 Å². The number of likely N-dealkylation sites (tertiary alicyclic amines) is 2. The van der Waals surface area contributed by atoms with Crippen molar-refractivity contribution in [3.05, 3.63) is 65.8 Å². The van der Waals surface area contributed by atoms with Crippen LogP contribution in [0.1, 0.15) is 96.3 Å². The standard InChI is InChI=1S/C51H62FN9O6/c1-5-32-11-6-12-33-13-7-14-38(43(32)33)45-44(52)46-39(23-53-45)47(58-24-34-15-16-35(25-58)54-34)56-49(55-46)65-29-51-18-9-21-61(51)36(17-19-51)28-64-50(63)59-26-37(27-59)66-41-22-40(67-57-41)42(30(2)3)48(62)60-20-8-10-31(60)4/h6-7,11-14,22-23,30-31,34-37,42,54H,5,8-10,15-21,24-29H2,1-4H3. The largest absolute Gasteiger partial charge is 0.468 e. The van der Waals surface area contributed by atoms with Crippen molar-refractivity contribution in [2.75, 3.05) is 57.4 Å². The zero-order valence-corrected chi connectivity index (χ0v) is 39.1. The number of nitrogens with zero attached hydrogens (tertiary/aromatic N) is 8. The van der Waals surface area contributed by atoms with Crippen LogP contribution in [0.15, 0.2) is 53.2 Å². The van der Waals surface area contributed by atoms with Crippen LogP contribution in [-0.2, 0) is 16.0 Å². The molecule has 5 aromatic rings. The lowest BCUT2D eigenvalue weighted by Gasteiger charge is -2.38. The molecule has 11 rings (SSSR count). The number of benzene rings is 2. The van der Waals surface area contributed by atoms with Crippen molar-refractivity contribution in [1.82, 2.24) is 40.1 Å². The van der Waals surface area contributed by atoms with E-state index in [0.29, 0.717) is 54.6 Å². The lowest BCUT2D eigenvalue weighted by atomic mass is 9.91. The first-order chi connectivity index (χ1) is 32.6. The summed E-state index contributed by atoms with van der Waals surface area (Å²) in [5.41, 5.74) is 2.09. The average Bonchev–Trinajstić information content (AvgIpc) is 4.17. The Morgan fingerprint density at radius 1 is 0.985 bits per heavy atom. The van der Waals surface area contributed by atoms with E-state index in [-0.39, 0.29) is 65.5 Å². The van der Waals surface area contributed by atoms with Crippen molar-refractivity contribution < 1.29 is 32.7 Å². The van der Waals surface area contributed by atoms with Crippen LogP contribution >= 0.6 is 0 Å². The van der Waals surface area contributed by atoms with Gasteiger partial charge in [-0.1, -0.05) is 57.2 Å². The second-order valence-electron chi connectivity index (χ2n) is 20.3. The van der Waals surface area contributed by atoms with Gasteiger partial charge in [-0.3, -0.25) is 14.7 Å². The van der Waals surface area contributed by atoms with Gasteiger partial charge in [0.05, 0.1) is 24.0 Å². The smallest absolute Gasteiger partial charge is 0.410 e. The van der Waals surface area contributed by atoms with Crippen molar-refractivity contribution >= 4 is 39.5 Å². The van der Waals surface area contributed by atoms with Crippen molar-refractivity contribution in [1.29, 1.82) is 0 Å². The van der Waals surface area contributed by atoms with Gasteiger partial charge in [0, 0.05) is 61.6 Å². The molecule has 0 radical (unpaired) electrons. The summed E-state index contributed by atoms with van der Waals surface area (Å²) in [5.74, 6) is 0.671. The fourth-order valence-electron chi connectivity index (χ4n) is 12.1. The summed E-state index contributed by atoms with van der Waals surface area (Å²) in [6.45, 7) is 12.8. The van der Waals surface area contributed by atoms with Crippen LogP contribution in [0.5, 0.6) is 11.9 Å². The Morgan fingerprint density at radius 3 is 2.55 bits per heavy atom. The normalized spacial score (nSPS) is 25.6. The van der Waals surface area contributed by atoms with E-state index in [1.807, 2.05) is 36.9 Å². The minimum absolute atomic E-state index is 0.0341. The van der Waals surface area contributed by atoms with E-state index < -0.39 is 11.7 Å². The Balaban J connectivity index is 0.751. The molecule has 0 saturated carbocycles. The summed E-state index contributed by atoms with van der Waals surface area (Å²) >= 11 is 0. The molecule has 9 heterocycles. The number of rotatable bonds is 13. The van der Waals surface area contributed by atoms with E-state index in [1.54, 1.807) is 17.2 Å². The number of nitrogens with one attached hydrogen (secondary N) is 1. The third-order valence-corrected chi connectivity index (χ3v) is 15.7. The molecule has 16 heteroatoms.